The minimum absolute atomic E-state index is 0.0794. The third-order valence-corrected chi connectivity index (χ3v) is 2.90. The Kier molecular flexibility index (Phi) is 2.26. The summed E-state index contributed by atoms with van der Waals surface area (Å²) in [6, 6.07) is 0. The highest BCUT2D eigenvalue weighted by Gasteiger charge is 2.39. The Morgan fingerprint density at radius 1 is 1.62 bits per heavy atom. The van der Waals surface area contributed by atoms with Crippen molar-refractivity contribution >= 4 is 5.91 Å². The van der Waals surface area contributed by atoms with Crippen LogP contribution in [0.2, 0.25) is 0 Å². The van der Waals surface area contributed by atoms with Gasteiger partial charge in [0.25, 0.3) is 0 Å². The van der Waals surface area contributed by atoms with Crippen molar-refractivity contribution in [3.05, 3.63) is 0 Å². The molecule has 0 radical (unpaired) electrons. The van der Waals surface area contributed by atoms with Gasteiger partial charge in [0.2, 0.25) is 5.91 Å². The van der Waals surface area contributed by atoms with Gasteiger partial charge in [-0.05, 0) is 13.0 Å². The molecule has 0 aromatic heterocycles. The molecule has 0 aromatic rings. The summed E-state index contributed by atoms with van der Waals surface area (Å²) < 4.78 is 5.75. The van der Waals surface area contributed by atoms with Crippen molar-refractivity contribution in [2.75, 3.05) is 32.8 Å². The van der Waals surface area contributed by atoms with Crippen molar-refractivity contribution in [1.82, 2.24) is 10.2 Å². The Labute approximate surface area is 78.2 Å². The summed E-state index contributed by atoms with van der Waals surface area (Å²) >= 11 is 0. The van der Waals surface area contributed by atoms with Gasteiger partial charge in [-0.1, -0.05) is 0 Å². The van der Waals surface area contributed by atoms with E-state index in [2.05, 4.69) is 5.32 Å². The molecule has 4 nitrogen and oxygen atoms in total. The number of rotatable bonds is 0. The molecule has 1 atom stereocenters. The largest absolute Gasteiger partial charge is 0.370 e. The maximum absolute atomic E-state index is 11.2. The molecule has 2 aliphatic rings. The van der Waals surface area contributed by atoms with E-state index >= 15 is 0 Å². The average Bonchev–Trinajstić information content (AvgIpc) is 2.53. The highest BCUT2D eigenvalue weighted by atomic mass is 16.5. The topological polar surface area (TPSA) is 41.6 Å². The van der Waals surface area contributed by atoms with Crippen molar-refractivity contribution in [3.8, 4) is 0 Å². The molecule has 0 saturated carbocycles. The molecular formula is C9H16N2O2. The normalized spacial score (nSPS) is 34.1. The van der Waals surface area contributed by atoms with Crippen molar-refractivity contribution in [2.24, 2.45) is 0 Å². The van der Waals surface area contributed by atoms with Crippen molar-refractivity contribution in [1.29, 1.82) is 0 Å². The van der Waals surface area contributed by atoms with E-state index in [-0.39, 0.29) is 11.5 Å². The lowest BCUT2D eigenvalue weighted by Gasteiger charge is -2.39. The van der Waals surface area contributed by atoms with E-state index in [9.17, 15) is 4.79 Å². The maximum atomic E-state index is 11.2. The Hall–Kier alpha value is -0.610. The Morgan fingerprint density at radius 2 is 2.46 bits per heavy atom. The number of amides is 1. The lowest BCUT2D eigenvalue weighted by atomic mass is 10.0. The van der Waals surface area contributed by atoms with Gasteiger partial charge in [-0.15, -0.1) is 0 Å². The SMILES string of the molecule is CC(=O)N1CCOC2(CCNC2)C1. The fourth-order valence-electron chi connectivity index (χ4n) is 2.09. The maximum Gasteiger partial charge on any atom is 0.219 e. The quantitative estimate of drug-likeness (QED) is 0.557. The molecular weight excluding hydrogens is 168 g/mol. The smallest absolute Gasteiger partial charge is 0.219 e. The predicted octanol–water partition coefficient (Wildman–Crippen LogP) is -0.403. The third kappa shape index (κ3) is 1.69. The van der Waals surface area contributed by atoms with Gasteiger partial charge in [-0.25, -0.2) is 0 Å². The number of carbonyl (C=O) groups excluding carboxylic acids is 1. The van der Waals surface area contributed by atoms with Gasteiger partial charge in [0.05, 0.1) is 18.8 Å². The van der Waals surface area contributed by atoms with Gasteiger partial charge in [0.1, 0.15) is 0 Å². The van der Waals surface area contributed by atoms with Crippen LogP contribution in [0.5, 0.6) is 0 Å². The molecule has 1 N–H and O–H groups in total. The molecule has 0 aromatic carbocycles. The summed E-state index contributed by atoms with van der Waals surface area (Å²) in [6.07, 6.45) is 1.02. The number of ether oxygens (including phenoxy) is 1. The monoisotopic (exact) mass is 184 g/mol. The van der Waals surface area contributed by atoms with Gasteiger partial charge in [0, 0.05) is 20.0 Å². The minimum Gasteiger partial charge on any atom is -0.370 e. The van der Waals surface area contributed by atoms with Crippen LogP contribution in [0.4, 0.5) is 0 Å². The zero-order valence-corrected chi connectivity index (χ0v) is 8.01. The van der Waals surface area contributed by atoms with Crippen LogP contribution >= 0.6 is 0 Å². The van der Waals surface area contributed by atoms with Crippen LogP contribution in [0, 0.1) is 0 Å². The summed E-state index contributed by atoms with van der Waals surface area (Å²) in [6.45, 7) is 5.71. The predicted molar refractivity (Wildman–Crippen MR) is 48.4 cm³/mol. The average molecular weight is 184 g/mol. The molecule has 13 heavy (non-hydrogen) atoms. The number of carbonyl (C=O) groups is 1. The molecule has 74 valence electrons. The van der Waals surface area contributed by atoms with E-state index in [1.54, 1.807) is 6.92 Å². The summed E-state index contributed by atoms with van der Waals surface area (Å²) in [5.74, 6) is 0.162. The van der Waals surface area contributed by atoms with Crippen molar-refractivity contribution < 1.29 is 9.53 Å². The summed E-state index contributed by atoms with van der Waals surface area (Å²) in [7, 11) is 0. The Bertz CT molecular complexity index is 212. The van der Waals surface area contributed by atoms with Gasteiger partial charge >= 0.3 is 0 Å². The van der Waals surface area contributed by atoms with E-state index in [1.807, 2.05) is 4.90 Å². The van der Waals surface area contributed by atoms with Crippen LogP contribution < -0.4 is 5.32 Å². The summed E-state index contributed by atoms with van der Waals surface area (Å²) in [5.41, 5.74) is -0.0794. The van der Waals surface area contributed by atoms with E-state index in [1.165, 1.54) is 0 Å². The second-order valence-corrected chi connectivity index (χ2v) is 3.90. The minimum atomic E-state index is -0.0794. The number of nitrogens with one attached hydrogen (secondary N) is 1. The first-order chi connectivity index (χ1) is 6.22. The van der Waals surface area contributed by atoms with E-state index in [0.717, 1.165) is 32.6 Å². The third-order valence-electron chi connectivity index (χ3n) is 2.90. The first-order valence-electron chi connectivity index (χ1n) is 4.82. The van der Waals surface area contributed by atoms with E-state index < -0.39 is 0 Å². The number of nitrogens with zero attached hydrogens (tertiary/aromatic N) is 1. The lowest BCUT2D eigenvalue weighted by molar-refractivity contribution is -0.145. The molecule has 1 spiro atoms. The van der Waals surface area contributed by atoms with Crippen LogP contribution in [0.15, 0.2) is 0 Å². The molecule has 2 fully saturated rings. The lowest BCUT2D eigenvalue weighted by Crippen LogP contribution is -2.54. The molecule has 1 unspecified atom stereocenters. The highest BCUT2D eigenvalue weighted by Crippen LogP contribution is 2.24. The number of morpholine rings is 1. The van der Waals surface area contributed by atoms with Crippen LogP contribution in [0.25, 0.3) is 0 Å². The molecule has 2 heterocycles. The Balaban J connectivity index is 2.02. The van der Waals surface area contributed by atoms with E-state index in [0.29, 0.717) is 6.61 Å². The zero-order valence-electron chi connectivity index (χ0n) is 8.01. The van der Waals surface area contributed by atoms with Crippen LogP contribution in [0.3, 0.4) is 0 Å². The standard InChI is InChI=1S/C9H16N2O2/c1-8(12)11-4-5-13-9(7-11)2-3-10-6-9/h10H,2-7H2,1H3. The second-order valence-electron chi connectivity index (χ2n) is 3.90. The van der Waals surface area contributed by atoms with Gasteiger partial charge in [-0.2, -0.15) is 0 Å². The number of hydrogen-bond acceptors (Lipinski definition) is 3. The van der Waals surface area contributed by atoms with Crippen LogP contribution in [0.1, 0.15) is 13.3 Å². The fourth-order valence-corrected chi connectivity index (χ4v) is 2.09. The molecule has 0 aliphatic carbocycles. The molecule has 0 bridgehead atoms. The van der Waals surface area contributed by atoms with Crippen molar-refractivity contribution in [3.63, 3.8) is 0 Å². The molecule has 1 amide bonds. The fraction of sp³-hybridized carbons (Fsp3) is 0.889. The van der Waals surface area contributed by atoms with Gasteiger partial charge in [-0.3, -0.25) is 4.79 Å². The zero-order chi connectivity index (χ0) is 9.31. The first-order valence-corrected chi connectivity index (χ1v) is 4.82. The summed E-state index contributed by atoms with van der Waals surface area (Å²) in [4.78, 5) is 13.1. The first kappa shape index (κ1) is 8.97. The van der Waals surface area contributed by atoms with Crippen LogP contribution in [-0.4, -0.2) is 49.2 Å². The molecule has 4 heteroatoms. The summed E-state index contributed by atoms with van der Waals surface area (Å²) in [5, 5.41) is 3.28. The number of hydrogen-bond donors (Lipinski definition) is 1. The van der Waals surface area contributed by atoms with Crippen LogP contribution in [-0.2, 0) is 9.53 Å². The highest BCUT2D eigenvalue weighted by molar-refractivity contribution is 5.73. The molecule has 2 aliphatic heterocycles. The Morgan fingerprint density at radius 3 is 3.08 bits per heavy atom. The molecule has 2 saturated heterocycles. The van der Waals surface area contributed by atoms with Gasteiger partial charge in [0.15, 0.2) is 0 Å². The van der Waals surface area contributed by atoms with Gasteiger partial charge < -0.3 is 15.0 Å². The van der Waals surface area contributed by atoms with Crippen molar-refractivity contribution in [2.45, 2.75) is 18.9 Å². The second kappa shape index (κ2) is 3.27. The van der Waals surface area contributed by atoms with E-state index in [4.69, 9.17) is 4.74 Å². The molecule has 2 rings (SSSR count).